The lowest BCUT2D eigenvalue weighted by Gasteiger charge is -2.14. The minimum atomic E-state index is -3.31. The molecule has 4 N–H and O–H groups in total. The number of carbonyl (C=O) groups is 1. The molecule has 2 aromatic rings. The summed E-state index contributed by atoms with van der Waals surface area (Å²) in [5.41, 5.74) is 1.44. The fourth-order valence-electron chi connectivity index (χ4n) is 2.62. The van der Waals surface area contributed by atoms with Crippen molar-refractivity contribution < 1.29 is 19.7 Å². The average molecular weight is 431 g/mol. The topological polar surface area (TPSA) is 89.8 Å². The van der Waals surface area contributed by atoms with Gasteiger partial charge in [-0.05, 0) is 36.2 Å². The van der Waals surface area contributed by atoms with Gasteiger partial charge in [0.05, 0.1) is 22.7 Å². The number of aliphatic hydroxyl groups is 1. The molecule has 146 valence electrons. The lowest BCUT2D eigenvalue weighted by atomic mass is 10.1. The first kappa shape index (κ1) is 22.3. The van der Waals surface area contributed by atoms with Crippen molar-refractivity contribution in [3.05, 3.63) is 69.7 Å². The van der Waals surface area contributed by atoms with Crippen molar-refractivity contribution in [2.24, 2.45) is 0 Å². The summed E-state index contributed by atoms with van der Waals surface area (Å²) >= 11 is 11.8. The van der Waals surface area contributed by atoms with Crippen LogP contribution in [0.15, 0.2) is 48.5 Å². The van der Waals surface area contributed by atoms with Crippen LogP contribution in [-0.4, -0.2) is 39.9 Å². The number of carbonyl (C=O) groups excluding carboxylic acids is 1. The molecular formula is C19H23Cl2NO4P+. The molecule has 0 aliphatic carbocycles. The molecular weight excluding hydrogens is 408 g/mol. The standard InChI is InChI=1S/C19H23Cl2NO4P/c20-17-7-6-15(10-18(17)21)19(24)8-9-22-11-16(23)13-27(25,26)12-14-4-2-1-3-5-14/h1-7,10,19,22,24-26H,8-9,11-13H2/q+1. The van der Waals surface area contributed by atoms with Gasteiger partial charge in [0.25, 0.3) is 7.72 Å². The van der Waals surface area contributed by atoms with Crippen molar-refractivity contribution >= 4 is 36.7 Å². The summed E-state index contributed by atoms with van der Waals surface area (Å²) in [4.78, 5) is 32.3. The molecule has 2 rings (SSSR count). The largest absolute Gasteiger partial charge is 0.388 e. The van der Waals surface area contributed by atoms with E-state index >= 15 is 0 Å². The van der Waals surface area contributed by atoms with Gasteiger partial charge in [-0.1, -0.05) is 59.6 Å². The van der Waals surface area contributed by atoms with E-state index in [0.29, 0.717) is 28.6 Å². The molecule has 8 heteroatoms. The van der Waals surface area contributed by atoms with Crippen LogP contribution in [0.3, 0.4) is 0 Å². The number of halogens is 2. The number of hydrogen-bond acceptors (Lipinski definition) is 5. The Morgan fingerprint density at radius 1 is 1.07 bits per heavy atom. The fraction of sp³-hybridized carbons (Fsp3) is 0.316. The van der Waals surface area contributed by atoms with E-state index in [4.69, 9.17) is 23.2 Å². The van der Waals surface area contributed by atoms with Gasteiger partial charge < -0.3 is 10.4 Å². The highest BCUT2D eigenvalue weighted by Gasteiger charge is 2.36. The Balaban J connectivity index is 1.71. The summed E-state index contributed by atoms with van der Waals surface area (Å²) in [6.45, 7) is 0.417. The first-order chi connectivity index (χ1) is 12.8. The van der Waals surface area contributed by atoms with Gasteiger partial charge in [-0.15, -0.1) is 0 Å². The summed E-state index contributed by atoms with van der Waals surface area (Å²) in [5.74, 6) is -0.270. The van der Waals surface area contributed by atoms with Gasteiger partial charge in [0.15, 0.2) is 11.9 Å². The molecule has 0 aromatic heterocycles. The Hall–Kier alpha value is -1.04. The van der Waals surface area contributed by atoms with E-state index in [1.54, 1.807) is 30.3 Å². The molecule has 0 fully saturated rings. The van der Waals surface area contributed by atoms with Gasteiger partial charge in [0.1, 0.15) is 6.16 Å². The lowest BCUT2D eigenvalue weighted by molar-refractivity contribution is -0.116. The molecule has 0 heterocycles. The third-order valence-electron chi connectivity index (χ3n) is 3.95. The molecule has 5 nitrogen and oxygen atoms in total. The van der Waals surface area contributed by atoms with Gasteiger partial charge >= 0.3 is 0 Å². The van der Waals surface area contributed by atoms with Crippen LogP contribution in [-0.2, 0) is 11.0 Å². The van der Waals surface area contributed by atoms with E-state index in [9.17, 15) is 19.7 Å². The average Bonchev–Trinajstić information content (AvgIpc) is 2.61. The Morgan fingerprint density at radius 2 is 1.78 bits per heavy atom. The second kappa shape index (κ2) is 10.5. The highest BCUT2D eigenvalue weighted by atomic mass is 35.5. The molecule has 0 saturated carbocycles. The zero-order chi connectivity index (χ0) is 19.9. The monoisotopic (exact) mass is 430 g/mol. The van der Waals surface area contributed by atoms with Gasteiger partial charge in [-0.25, -0.2) is 9.79 Å². The first-order valence-electron chi connectivity index (χ1n) is 8.49. The molecule has 0 saturated heterocycles. The maximum absolute atomic E-state index is 12.0. The van der Waals surface area contributed by atoms with Crippen LogP contribution in [0, 0.1) is 0 Å². The molecule has 27 heavy (non-hydrogen) atoms. The Morgan fingerprint density at radius 3 is 2.44 bits per heavy atom. The normalized spacial score (nSPS) is 12.8. The van der Waals surface area contributed by atoms with Gasteiger partial charge in [0, 0.05) is 0 Å². The number of ketones is 1. The predicted molar refractivity (Wildman–Crippen MR) is 110 cm³/mol. The van der Waals surface area contributed by atoms with Crippen LogP contribution >= 0.6 is 30.9 Å². The van der Waals surface area contributed by atoms with E-state index in [2.05, 4.69) is 5.32 Å². The van der Waals surface area contributed by atoms with Crippen LogP contribution in [0.4, 0.5) is 0 Å². The second-order valence-corrected chi connectivity index (χ2v) is 9.58. The van der Waals surface area contributed by atoms with Gasteiger partial charge in [-0.3, -0.25) is 4.79 Å². The number of nitrogens with one attached hydrogen (secondary N) is 1. The number of aliphatic hydroxyl groups excluding tert-OH is 1. The Labute approximate surface area is 169 Å². The van der Waals surface area contributed by atoms with Crippen molar-refractivity contribution in [3.8, 4) is 0 Å². The van der Waals surface area contributed by atoms with E-state index < -0.39 is 13.8 Å². The quantitative estimate of drug-likeness (QED) is 0.341. The van der Waals surface area contributed by atoms with Crippen molar-refractivity contribution in [2.45, 2.75) is 18.7 Å². The van der Waals surface area contributed by atoms with Crippen molar-refractivity contribution in [1.82, 2.24) is 5.32 Å². The molecule has 0 amide bonds. The maximum Gasteiger partial charge on any atom is 0.279 e. The molecule has 0 spiro atoms. The second-order valence-electron chi connectivity index (χ2n) is 6.37. The molecule has 0 aliphatic rings. The molecule has 0 aliphatic heterocycles. The lowest BCUT2D eigenvalue weighted by Crippen LogP contribution is -2.28. The number of hydrogen-bond donors (Lipinski definition) is 4. The highest BCUT2D eigenvalue weighted by molar-refractivity contribution is 7.64. The summed E-state index contributed by atoms with van der Waals surface area (Å²) in [6.07, 6.45) is -0.518. The molecule has 0 radical (unpaired) electrons. The minimum absolute atomic E-state index is 0.0196. The van der Waals surface area contributed by atoms with Crippen molar-refractivity contribution in [1.29, 1.82) is 0 Å². The van der Waals surface area contributed by atoms with Crippen LogP contribution < -0.4 is 5.32 Å². The van der Waals surface area contributed by atoms with Crippen molar-refractivity contribution in [3.63, 3.8) is 0 Å². The zero-order valence-electron chi connectivity index (χ0n) is 14.7. The van der Waals surface area contributed by atoms with E-state index in [-0.39, 0.29) is 24.7 Å². The van der Waals surface area contributed by atoms with Crippen LogP contribution in [0.5, 0.6) is 0 Å². The van der Waals surface area contributed by atoms with E-state index in [1.165, 1.54) is 0 Å². The number of benzene rings is 2. The zero-order valence-corrected chi connectivity index (χ0v) is 17.1. The molecule has 2 aromatic carbocycles. The predicted octanol–water partition coefficient (Wildman–Crippen LogP) is 3.61. The van der Waals surface area contributed by atoms with E-state index in [1.807, 2.05) is 18.2 Å². The fourth-order valence-corrected chi connectivity index (χ4v) is 4.51. The number of Topliss-reactive ketones (excluding diaryl/α,β-unsaturated/α-hetero) is 1. The molecule has 1 unspecified atom stereocenters. The molecule has 0 bridgehead atoms. The number of rotatable bonds is 10. The first-order valence-corrected chi connectivity index (χ1v) is 11.3. The van der Waals surface area contributed by atoms with Crippen LogP contribution in [0.1, 0.15) is 23.7 Å². The van der Waals surface area contributed by atoms with Crippen LogP contribution in [0.25, 0.3) is 0 Å². The Kier molecular flexibility index (Phi) is 8.64. The van der Waals surface area contributed by atoms with Crippen molar-refractivity contribution in [2.75, 3.05) is 19.3 Å². The highest BCUT2D eigenvalue weighted by Crippen LogP contribution is 2.52. The summed E-state index contributed by atoms with van der Waals surface area (Å²) in [5, 5.41) is 13.9. The third kappa shape index (κ3) is 7.84. The van der Waals surface area contributed by atoms with Crippen LogP contribution in [0.2, 0.25) is 10.0 Å². The summed E-state index contributed by atoms with van der Waals surface area (Å²) in [6, 6.07) is 14.0. The smallest absolute Gasteiger partial charge is 0.279 e. The maximum atomic E-state index is 12.0. The molecule has 1 atom stereocenters. The third-order valence-corrected chi connectivity index (χ3v) is 6.42. The summed E-state index contributed by atoms with van der Waals surface area (Å²) < 4.78 is 0. The SMILES string of the molecule is O=C(CNCCC(O)c1ccc(Cl)c(Cl)c1)C[P+](O)(O)Cc1ccccc1. The summed E-state index contributed by atoms with van der Waals surface area (Å²) in [7, 11) is -3.31. The minimum Gasteiger partial charge on any atom is -0.388 e. The Bertz CT molecular complexity index is 759. The van der Waals surface area contributed by atoms with E-state index in [0.717, 1.165) is 5.56 Å². The van der Waals surface area contributed by atoms with Gasteiger partial charge in [-0.2, -0.15) is 0 Å². The van der Waals surface area contributed by atoms with Gasteiger partial charge in [0.2, 0.25) is 0 Å².